The summed E-state index contributed by atoms with van der Waals surface area (Å²) in [6, 6.07) is -0.320. The number of amides is 2. The van der Waals surface area contributed by atoms with Crippen molar-refractivity contribution in [3.8, 4) is 0 Å². The number of nitrogens with one attached hydrogen (secondary N) is 2. The Morgan fingerprint density at radius 1 is 0.833 bits per heavy atom. The summed E-state index contributed by atoms with van der Waals surface area (Å²) >= 11 is 0. The summed E-state index contributed by atoms with van der Waals surface area (Å²) in [5.41, 5.74) is -4.45. The van der Waals surface area contributed by atoms with E-state index in [0.29, 0.717) is 38.8 Å². The first-order chi connectivity index (χ1) is 30.8. The fourth-order valence-electron chi connectivity index (χ4n) is 10.1. The van der Waals surface area contributed by atoms with Gasteiger partial charge in [-0.3, -0.25) is 14.4 Å². The van der Waals surface area contributed by atoms with E-state index in [0.717, 1.165) is 12.8 Å². The van der Waals surface area contributed by atoms with Crippen LogP contribution in [0.5, 0.6) is 0 Å². The number of ether oxygens (including phenoxy) is 8. The summed E-state index contributed by atoms with van der Waals surface area (Å²) in [6.45, 7) is 20.0. The van der Waals surface area contributed by atoms with E-state index in [2.05, 4.69) is 10.6 Å². The number of nitrogens with zero attached hydrogens (tertiary/aromatic N) is 1. The minimum Gasteiger partial charge on any atom is -0.459 e. The Balaban J connectivity index is 2.02. The van der Waals surface area contributed by atoms with E-state index in [1.54, 1.807) is 48.5 Å². The van der Waals surface area contributed by atoms with Gasteiger partial charge in [-0.2, -0.15) is 0 Å². The van der Waals surface area contributed by atoms with Crippen LogP contribution in [0, 0.1) is 23.7 Å². The molecule has 5 N–H and O–H groups in total. The van der Waals surface area contributed by atoms with Crippen LogP contribution in [-0.2, 0) is 52.3 Å². The number of carbonyl (C=O) groups excluding carboxylic acids is 4. The monoisotopic (exact) mass is 946 g/mol. The van der Waals surface area contributed by atoms with Crippen LogP contribution in [0.3, 0.4) is 0 Å². The molecule has 0 aromatic rings. The summed E-state index contributed by atoms with van der Waals surface area (Å²) in [7, 11) is 6.74. The van der Waals surface area contributed by atoms with Gasteiger partial charge >= 0.3 is 12.1 Å². The lowest BCUT2D eigenvalue weighted by atomic mass is 9.74. The highest BCUT2D eigenvalue weighted by Gasteiger charge is 2.55. The third-order valence-corrected chi connectivity index (χ3v) is 14.4. The maximum atomic E-state index is 14.5. The number of carbonyl (C=O) groups is 4. The van der Waals surface area contributed by atoms with Crippen molar-refractivity contribution in [2.45, 2.75) is 218 Å². The summed E-state index contributed by atoms with van der Waals surface area (Å²) in [5.74, 6) is -4.72. The van der Waals surface area contributed by atoms with Crippen LogP contribution in [0.4, 0.5) is 4.79 Å². The Bertz CT molecular complexity index is 1550. The van der Waals surface area contributed by atoms with E-state index in [9.17, 15) is 34.5 Å². The van der Waals surface area contributed by atoms with Gasteiger partial charge < -0.3 is 68.7 Å². The highest BCUT2D eigenvalue weighted by molar-refractivity contribution is 5.83. The first-order valence-electron chi connectivity index (χ1n) is 24.2. The molecular weight excluding hydrogens is 859 g/mol. The molecule has 0 aliphatic carbocycles. The number of alkyl carbamates (subject to hydrolysis) is 1. The highest BCUT2D eigenvalue weighted by atomic mass is 16.7. The van der Waals surface area contributed by atoms with Gasteiger partial charge in [-0.25, -0.2) is 4.79 Å². The number of rotatable bonds is 17. The molecule has 0 spiro atoms. The normalized spacial score (nSPS) is 40.9. The molecule has 3 saturated heterocycles. The van der Waals surface area contributed by atoms with Crippen molar-refractivity contribution in [2.75, 3.05) is 41.4 Å². The molecule has 66 heavy (non-hydrogen) atoms. The Morgan fingerprint density at radius 2 is 1.47 bits per heavy atom. The molecule has 0 unspecified atom stereocenters. The first kappa shape index (κ1) is 57.8. The minimum absolute atomic E-state index is 0.0169. The molecule has 0 aromatic heterocycles. The number of ketones is 1. The van der Waals surface area contributed by atoms with E-state index in [1.807, 2.05) is 39.8 Å². The average molecular weight is 946 g/mol. The van der Waals surface area contributed by atoms with Crippen molar-refractivity contribution in [1.82, 2.24) is 15.5 Å². The zero-order valence-corrected chi connectivity index (χ0v) is 42.6. The molecule has 3 fully saturated rings. The molecule has 0 bridgehead atoms. The number of likely N-dealkylation sites (N-methyl/N-ethyl adjacent to an activating group) is 1. The Morgan fingerprint density at radius 3 is 2.06 bits per heavy atom. The molecule has 2 amide bonds. The number of esters is 1. The topological polar surface area (TPSA) is 230 Å². The second-order valence-electron chi connectivity index (χ2n) is 20.1. The predicted octanol–water partition coefficient (Wildman–Crippen LogP) is 4.26. The van der Waals surface area contributed by atoms with Crippen molar-refractivity contribution < 1.29 is 72.4 Å². The van der Waals surface area contributed by atoms with E-state index in [4.69, 9.17) is 37.9 Å². The van der Waals surface area contributed by atoms with Crippen LogP contribution < -0.4 is 10.6 Å². The maximum absolute atomic E-state index is 14.5. The maximum Gasteiger partial charge on any atom is 0.407 e. The van der Waals surface area contributed by atoms with E-state index >= 15 is 0 Å². The average Bonchev–Trinajstić information content (AvgIpc) is 3.27. The lowest BCUT2D eigenvalue weighted by Crippen LogP contribution is -2.62. The largest absolute Gasteiger partial charge is 0.459 e. The van der Waals surface area contributed by atoms with Gasteiger partial charge in [0.1, 0.15) is 29.2 Å². The molecule has 0 radical (unpaired) electrons. The van der Waals surface area contributed by atoms with Crippen molar-refractivity contribution in [3.63, 3.8) is 0 Å². The zero-order valence-electron chi connectivity index (χ0n) is 42.6. The van der Waals surface area contributed by atoms with Gasteiger partial charge in [0.25, 0.3) is 0 Å². The molecule has 18 atom stereocenters. The number of Topliss-reactive ketones (excluding diaryl/α,β-unsaturated/α-hetero) is 1. The van der Waals surface area contributed by atoms with Crippen LogP contribution in [0.15, 0.2) is 0 Å². The van der Waals surface area contributed by atoms with Crippen molar-refractivity contribution in [1.29, 1.82) is 0 Å². The van der Waals surface area contributed by atoms with E-state index < -0.39 is 108 Å². The predicted molar refractivity (Wildman–Crippen MR) is 245 cm³/mol. The summed E-state index contributed by atoms with van der Waals surface area (Å²) in [6.07, 6.45) is -6.59. The standard InChI is InChI=1S/C48H87N3O15/c1-16-22-49-35(52)21-19-18-20-23-50-45(57)66-42-32(8)62-36(26-47(42,10)60-15)64-39-30(6)41(65-44-38(54)33(51(12)13)24-28(4)61-44)46(9,59-14)25-27(3)37(53)29(5)40(55)48(11,58)34(17-2)63-43(56)31(39)7/h27-34,36,38-42,44,54-55,58H,16-26H2,1-15H3,(H,49,52)(H,50,57)/t27-,28-,29+,30+,31-,32+,33+,34-,36+,38-,39+,40-,41-,42+,44+,46-,47-,48-/m1/s1. The van der Waals surface area contributed by atoms with Gasteiger partial charge in [0, 0.05) is 63.9 Å². The van der Waals surface area contributed by atoms with Gasteiger partial charge in [0.2, 0.25) is 5.91 Å². The third kappa shape index (κ3) is 14.5. The molecule has 0 saturated carbocycles. The molecule has 18 nitrogen and oxygen atoms in total. The number of hydrogen-bond donors (Lipinski definition) is 5. The zero-order chi connectivity index (χ0) is 49.9. The van der Waals surface area contributed by atoms with Gasteiger partial charge in [0.05, 0.1) is 42.0 Å². The number of methoxy groups -OCH3 is 2. The second kappa shape index (κ2) is 25.4. The van der Waals surface area contributed by atoms with Crippen LogP contribution in [0.1, 0.15) is 134 Å². The molecule has 384 valence electrons. The fraction of sp³-hybridized carbons (Fsp3) is 0.917. The van der Waals surface area contributed by atoms with Crippen LogP contribution >= 0.6 is 0 Å². The number of cyclic esters (lactones) is 1. The Kier molecular flexibility index (Phi) is 22.2. The van der Waals surface area contributed by atoms with Crippen LogP contribution in [0.2, 0.25) is 0 Å². The molecule has 18 heteroatoms. The van der Waals surface area contributed by atoms with Gasteiger partial charge in [-0.15, -0.1) is 0 Å². The molecule has 3 heterocycles. The van der Waals surface area contributed by atoms with Gasteiger partial charge in [-0.05, 0) is 94.2 Å². The lowest BCUT2D eigenvalue weighted by Gasteiger charge is -2.50. The number of aliphatic hydroxyl groups is 3. The van der Waals surface area contributed by atoms with Crippen LogP contribution in [0.25, 0.3) is 0 Å². The highest BCUT2D eigenvalue weighted by Crippen LogP contribution is 2.42. The number of unbranched alkanes of at least 4 members (excludes halogenated alkanes) is 2. The second-order valence-corrected chi connectivity index (χ2v) is 20.1. The summed E-state index contributed by atoms with van der Waals surface area (Å²) in [5, 5.41) is 40.7. The molecular formula is C48H87N3O15. The van der Waals surface area contributed by atoms with Crippen LogP contribution in [-0.4, -0.2) is 170 Å². The minimum atomic E-state index is -2.01. The fourth-order valence-corrected chi connectivity index (χ4v) is 10.1. The number of hydrogen-bond acceptors (Lipinski definition) is 16. The quantitative estimate of drug-likeness (QED) is 0.101. The van der Waals surface area contributed by atoms with Crippen molar-refractivity contribution in [3.05, 3.63) is 0 Å². The van der Waals surface area contributed by atoms with E-state index in [1.165, 1.54) is 21.1 Å². The SMILES string of the molecule is CCCNC(=O)CCCCCNC(=O)O[C@H]1[C@H](C)O[C@@H](O[C@H]2[C@H](C)[C@@H](O[C@@H]3O[C@H](C)C[C@H](N(C)C)[C@H]3O)[C@](C)(OC)C[C@@H](C)C(=O)[C@H](C)[C@@H](O)[C@](C)(O)[C@@H](CC)OC(=O)[C@@H]2C)C[C@@]1(C)OC. The summed E-state index contributed by atoms with van der Waals surface area (Å²) in [4.78, 5) is 55.6. The Labute approximate surface area is 394 Å². The third-order valence-electron chi connectivity index (χ3n) is 14.4. The molecule has 0 aromatic carbocycles. The van der Waals surface area contributed by atoms with Crippen molar-refractivity contribution >= 4 is 23.8 Å². The van der Waals surface area contributed by atoms with E-state index in [-0.39, 0.29) is 43.1 Å². The molecule has 3 rings (SSSR count). The first-order valence-corrected chi connectivity index (χ1v) is 24.2. The number of aliphatic hydroxyl groups excluding tert-OH is 2. The lowest BCUT2D eigenvalue weighted by molar-refractivity contribution is -0.319. The molecule has 3 aliphatic rings. The Hall–Kier alpha value is -2.52. The van der Waals surface area contributed by atoms with Gasteiger partial charge in [-0.1, -0.05) is 41.0 Å². The molecule has 3 aliphatic heterocycles. The van der Waals surface area contributed by atoms with Gasteiger partial charge in [0.15, 0.2) is 18.7 Å². The van der Waals surface area contributed by atoms with Crippen molar-refractivity contribution in [2.24, 2.45) is 23.7 Å². The summed E-state index contributed by atoms with van der Waals surface area (Å²) < 4.78 is 50.9. The smallest absolute Gasteiger partial charge is 0.407 e.